The fourth-order valence-electron chi connectivity index (χ4n) is 1.23. The molecule has 2 aromatic heterocycles. The zero-order chi connectivity index (χ0) is 10.1. The van der Waals surface area contributed by atoms with Gasteiger partial charge in [-0.25, -0.2) is 0 Å². The third kappa shape index (κ3) is 1.74. The highest BCUT2D eigenvalue weighted by Crippen LogP contribution is 2.29. The van der Waals surface area contributed by atoms with Crippen LogP contribution >= 0.6 is 27.3 Å². The highest BCUT2D eigenvalue weighted by Gasteiger charge is 2.11. The standard InChI is InChI=1S/C9H10BrN3S/c1-6(2)13-5-11-12-9(13)8-3-7(10)4-14-8/h3-6H,1-2H3. The van der Waals surface area contributed by atoms with Crippen LogP contribution in [0.2, 0.25) is 0 Å². The van der Waals surface area contributed by atoms with Crippen molar-refractivity contribution < 1.29 is 0 Å². The molecule has 0 amide bonds. The molecule has 0 saturated carbocycles. The molecule has 0 fully saturated rings. The van der Waals surface area contributed by atoms with Crippen molar-refractivity contribution in [3.05, 3.63) is 22.2 Å². The van der Waals surface area contributed by atoms with Crippen molar-refractivity contribution in [3.63, 3.8) is 0 Å². The lowest BCUT2D eigenvalue weighted by atomic mass is 10.3. The average molecular weight is 272 g/mol. The van der Waals surface area contributed by atoms with Crippen molar-refractivity contribution in [1.29, 1.82) is 0 Å². The zero-order valence-electron chi connectivity index (χ0n) is 7.94. The molecule has 0 aromatic carbocycles. The molecule has 0 saturated heterocycles. The Morgan fingerprint density at radius 1 is 1.50 bits per heavy atom. The number of aromatic nitrogens is 3. The van der Waals surface area contributed by atoms with Crippen molar-refractivity contribution in [2.24, 2.45) is 0 Å². The van der Waals surface area contributed by atoms with Gasteiger partial charge in [0.2, 0.25) is 0 Å². The van der Waals surface area contributed by atoms with Crippen LogP contribution < -0.4 is 0 Å². The average Bonchev–Trinajstić information content (AvgIpc) is 2.70. The molecule has 0 N–H and O–H groups in total. The zero-order valence-corrected chi connectivity index (χ0v) is 10.3. The van der Waals surface area contributed by atoms with Crippen LogP contribution in [0.15, 0.2) is 22.2 Å². The Kier molecular flexibility index (Phi) is 2.69. The van der Waals surface area contributed by atoms with Crippen LogP contribution in [0, 0.1) is 0 Å². The third-order valence-electron chi connectivity index (χ3n) is 1.92. The second-order valence-electron chi connectivity index (χ2n) is 3.28. The van der Waals surface area contributed by atoms with Gasteiger partial charge in [0.15, 0.2) is 5.82 Å². The van der Waals surface area contributed by atoms with Gasteiger partial charge in [0.1, 0.15) is 6.33 Å². The topological polar surface area (TPSA) is 30.7 Å². The lowest BCUT2D eigenvalue weighted by Gasteiger charge is -2.07. The van der Waals surface area contributed by atoms with E-state index in [0.717, 1.165) is 15.2 Å². The van der Waals surface area contributed by atoms with E-state index in [1.807, 2.05) is 0 Å². The number of halogens is 1. The van der Waals surface area contributed by atoms with Crippen molar-refractivity contribution in [3.8, 4) is 10.7 Å². The highest BCUT2D eigenvalue weighted by atomic mass is 79.9. The maximum atomic E-state index is 4.12. The summed E-state index contributed by atoms with van der Waals surface area (Å²) in [7, 11) is 0. The molecule has 0 aliphatic rings. The van der Waals surface area contributed by atoms with Gasteiger partial charge in [0.25, 0.3) is 0 Å². The van der Waals surface area contributed by atoms with Crippen molar-refractivity contribution in [1.82, 2.24) is 14.8 Å². The first-order chi connectivity index (χ1) is 6.68. The molecule has 0 aliphatic heterocycles. The molecule has 0 spiro atoms. The van der Waals surface area contributed by atoms with Crippen LogP contribution in [-0.4, -0.2) is 14.8 Å². The quantitative estimate of drug-likeness (QED) is 0.839. The van der Waals surface area contributed by atoms with Crippen LogP contribution in [-0.2, 0) is 0 Å². The summed E-state index contributed by atoms with van der Waals surface area (Å²) in [6.45, 7) is 4.24. The Morgan fingerprint density at radius 2 is 2.29 bits per heavy atom. The Bertz CT molecular complexity index is 433. The van der Waals surface area contributed by atoms with E-state index < -0.39 is 0 Å². The molecule has 5 heteroatoms. The summed E-state index contributed by atoms with van der Waals surface area (Å²) in [4.78, 5) is 1.14. The van der Waals surface area contributed by atoms with Gasteiger partial charge in [-0.05, 0) is 35.8 Å². The first-order valence-electron chi connectivity index (χ1n) is 4.32. The molecule has 2 rings (SSSR count). The van der Waals surface area contributed by atoms with Crippen LogP contribution in [0.4, 0.5) is 0 Å². The second-order valence-corrected chi connectivity index (χ2v) is 5.11. The Morgan fingerprint density at radius 3 is 2.86 bits per heavy atom. The maximum Gasteiger partial charge on any atom is 0.174 e. The fourth-order valence-corrected chi connectivity index (χ4v) is 2.64. The Balaban J connectivity index is 2.46. The SMILES string of the molecule is CC(C)n1cnnc1-c1cc(Br)cs1. The van der Waals surface area contributed by atoms with E-state index in [-0.39, 0.29) is 0 Å². The van der Waals surface area contributed by atoms with Gasteiger partial charge in [0.05, 0.1) is 4.88 Å². The lowest BCUT2D eigenvalue weighted by molar-refractivity contribution is 0.604. The van der Waals surface area contributed by atoms with Crippen molar-refractivity contribution in [2.75, 3.05) is 0 Å². The van der Waals surface area contributed by atoms with E-state index in [9.17, 15) is 0 Å². The predicted octanol–water partition coefficient (Wildman–Crippen LogP) is 3.35. The van der Waals surface area contributed by atoms with E-state index in [1.54, 1.807) is 17.7 Å². The summed E-state index contributed by atoms with van der Waals surface area (Å²) in [6, 6.07) is 2.45. The Labute approximate surface area is 94.9 Å². The van der Waals surface area contributed by atoms with Crippen LogP contribution in [0.3, 0.4) is 0 Å². The van der Waals surface area contributed by atoms with E-state index in [4.69, 9.17) is 0 Å². The third-order valence-corrected chi connectivity index (χ3v) is 3.60. The van der Waals surface area contributed by atoms with Crippen molar-refractivity contribution in [2.45, 2.75) is 19.9 Å². The van der Waals surface area contributed by atoms with Crippen LogP contribution in [0.25, 0.3) is 10.7 Å². The number of thiophene rings is 1. The van der Waals surface area contributed by atoms with Gasteiger partial charge in [-0.2, -0.15) is 0 Å². The smallest absolute Gasteiger partial charge is 0.174 e. The highest BCUT2D eigenvalue weighted by molar-refractivity contribution is 9.10. The number of hydrogen-bond acceptors (Lipinski definition) is 3. The van der Waals surface area contributed by atoms with Crippen LogP contribution in [0.1, 0.15) is 19.9 Å². The Hall–Kier alpha value is -0.680. The molecule has 74 valence electrons. The van der Waals surface area contributed by atoms with Gasteiger partial charge < -0.3 is 4.57 Å². The first kappa shape index (κ1) is 9.86. The summed E-state index contributed by atoms with van der Waals surface area (Å²) >= 11 is 5.10. The molecule has 0 radical (unpaired) electrons. The van der Waals surface area contributed by atoms with Gasteiger partial charge in [-0.3, -0.25) is 0 Å². The van der Waals surface area contributed by atoms with E-state index >= 15 is 0 Å². The number of hydrogen-bond donors (Lipinski definition) is 0. The minimum absolute atomic E-state index is 0.390. The summed E-state index contributed by atoms with van der Waals surface area (Å²) in [6.07, 6.45) is 1.77. The molecule has 3 nitrogen and oxygen atoms in total. The molecule has 0 unspecified atom stereocenters. The summed E-state index contributed by atoms with van der Waals surface area (Å²) < 4.78 is 3.16. The molecule has 0 bridgehead atoms. The predicted molar refractivity (Wildman–Crippen MR) is 61.4 cm³/mol. The fraction of sp³-hybridized carbons (Fsp3) is 0.333. The monoisotopic (exact) mass is 271 g/mol. The van der Waals surface area contributed by atoms with Gasteiger partial charge >= 0.3 is 0 Å². The normalized spacial score (nSPS) is 11.1. The molecule has 2 aromatic rings. The van der Waals surface area contributed by atoms with Crippen molar-refractivity contribution >= 4 is 27.3 Å². The summed E-state index contributed by atoms with van der Waals surface area (Å²) in [5.74, 6) is 0.940. The first-order valence-corrected chi connectivity index (χ1v) is 5.99. The minimum Gasteiger partial charge on any atom is -0.310 e. The summed E-state index contributed by atoms with van der Waals surface area (Å²) in [5, 5.41) is 10.1. The van der Waals surface area contributed by atoms with E-state index in [1.165, 1.54) is 0 Å². The van der Waals surface area contributed by atoms with Gasteiger partial charge in [-0.1, -0.05) is 0 Å². The largest absolute Gasteiger partial charge is 0.310 e. The van der Waals surface area contributed by atoms with Crippen LogP contribution in [0.5, 0.6) is 0 Å². The molecular weight excluding hydrogens is 262 g/mol. The lowest BCUT2D eigenvalue weighted by Crippen LogP contribution is -2.00. The molecular formula is C9H10BrN3S. The second kappa shape index (κ2) is 3.82. The molecule has 2 heterocycles. The van der Waals surface area contributed by atoms with E-state index in [0.29, 0.717) is 6.04 Å². The number of rotatable bonds is 2. The molecule has 0 atom stereocenters. The van der Waals surface area contributed by atoms with E-state index in [2.05, 4.69) is 56.0 Å². The van der Waals surface area contributed by atoms with Gasteiger partial charge in [-0.15, -0.1) is 21.5 Å². The minimum atomic E-state index is 0.390. The molecule has 14 heavy (non-hydrogen) atoms. The number of nitrogens with zero attached hydrogens (tertiary/aromatic N) is 3. The van der Waals surface area contributed by atoms with Gasteiger partial charge in [0, 0.05) is 15.9 Å². The maximum absolute atomic E-state index is 4.12. The molecule has 0 aliphatic carbocycles. The summed E-state index contributed by atoms with van der Waals surface area (Å²) in [5.41, 5.74) is 0.